The predicted molar refractivity (Wildman–Crippen MR) is 99.6 cm³/mol. The maximum atomic E-state index is 13.1. The van der Waals surface area contributed by atoms with Gasteiger partial charge in [-0.3, -0.25) is 14.7 Å². The zero-order valence-electron chi connectivity index (χ0n) is 15.7. The Morgan fingerprint density at radius 3 is 2.24 bits per heavy atom. The molecule has 0 bridgehead atoms. The van der Waals surface area contributed by atoms with Crippen molar-refractivity contribution < 1.29 is 9.13 Å². The summed E-state index contributed by atoms with van der Waals surface area (Å²) in [6.07, 6.45) is 2.69. The van der Waals surface area contributed by atoms with Crippen LogP contribution in [0.2, 0.25) is 0 Å². The Kier molecular flexibility index (Phi) is 6.68. The maximum Gasteiger partial charge on any atom is 0.126 e. The molecule has 2 atom stereocenters. The van der Waals surface area contributed by atoms with Crippen molar-refractivity contribution in [2.45, 2.75) is 38.8 Å². The van der Waals surface area contributed by atoms with Crippen LogP contribution in [-0.2, 0) is 0 Å². The molecule has 2 aliphatic heterocycles. The minimum Gasteiger partial charge on any atom is -0.492 e. The van der Waals surface area contributed by atoms with E-state index in [1.165, 1.54) is 38.1 Å². The smallest absolute Gasteiger partial charge is 0.126 e. The third-order valence-electron chi connectivity index (χ3n) is 5.75. The lowest BCUT2D eigenvalue weighted by Gasteiger charge is -2.36. The lowest BCUT2D eigenvalue weighted by Crippen LogP contribution is -2.50. The molecule has 140 valence electrons. The normalized spacial score (nSPS) is 26.2. The van der Waals surface area contributed by atoms with E-state index in [9.17, 15) is 4.39 Å². The van der Waals surface area contributed by atoms with Gasteiger partial charge in [-0.05, 0) is 38.8 Å². The zero-order chi connectivity index (χ0) is 17.6. The van der Waals surface area contributed by atoms with Gasteiger partial charge in [0.1, 0.15) is 18.2 Å². The van der Waals surface area contributed by atoms with Crippen LogP contribution in [0.15, 0.2) is 24.3 Å². The second kappa shape index (κ2) is 8.97. The van der Waals surface area contributed by atoms with Crippen LogP contribution in [0.3, 0.4) is 0 Å². The van der Waals surface area contributed by atoms with Crippen LogP contribution < -0.4 is 4.74 Å². The average molecular weight is 349 g/mol. The van der Waals surface area contributed by atoms with Crippen molar-refractivity contribution in [1.29, 1.82) is 0 Å². The Morgan fingerprint density at radius 2 is 1.60 bits per heavy atom. The van der Waals surface area contributed by atoms with Gasteiger partial charge >= 0.3 is 0 Å². The number of hydrogen-bond donors (Lipinski definition) is 0. The molecule has 2 saturated heterocycles. The van der Waals surface area contributed by atoms with E-state index in [0.29, 0.717) is 12.4 Å². The van der Waals surface area contributed by atoms with Gasteiger partial charge in [-0.25, -0.2) is 4.39 Å². The van der Waals surface area contributed by atoms with Crippen LogP contribution in [0, 0.1) is 5.82 Å². The van der Waals surface area contributed by atoms with Gasteiger partial charge < -0.3 is 4.74 Å². The Bertz CT molecular complexity index is 523. The molecule has 1 aromatic rings. The van der Waals surface area contributed by atoms with E-state index in [2.05, 4.69) is 28.5 Å². The number of ether oxygens (including phenoxy) is 1. The molecular formula is C20H32FN3O. The molecule has 0 radical (unpaired) electrons. The van der Waals surface area contributed by atoms with E-state index in [1.54, 1.807) is 12.1 Å². The molecule has 0 amide bonds. The fourth-order valence-corrected chi connectivity index (χ4v) is 4.03. The number of piperazine rings is 1. The maximum absolute atomic E-state index is 13.1. The zero-order valence-corrected chi connectivity index (χ0v) is 15.7. The van der Waals surface area contributed by atoms with Crippen molar-refractivity contribution in [3.63, 3.8) is 0 Å². The lowest BCUT2D eigenvalue weighted by atomic mass is 10.2. The first-order valence-electron chi connectivity index (χ1n) is 9.70. The molecule has 5 heteroatoms. The summed E-state index contributed by atoms with van der Waals surface area (Å²) in [7, 11) is 0. The van der Waals surface area contributed by atoms with Crippen molar-refractivity contribution in [2.75, 3.05) is 52.4 Å². The summed E-state index contributed by atoms with van der Waals surface area (Å²) in [6, 6.07) is 7.87. The summed E-state index contributed by atoms with van der Waals surface area (Å²) < 4.78 is 18.8. The van der Waals surface area contributed by atoms with Crippen LogP contribution in [0.25, 0.3) is 0 Å². The van der Waals surface area contributed by atoms with Gasteiger partial charge in [0.15, 0.2) is 0 Å². The first-order valence-corrected chi connectivity index (χ1v) is 9.70. The topological polar surface area (TPSA) is 19.0 Å². The molecule has 0 spiro atoms. The number of benzene rings is 1. The summed E-state index contributed by atoms with van der Waals surface area (Å²) >= 11 is 0. The summed E-state index contributed by atoms with van der Waals surface area (Å²) in [5.41, 5.74) is 0. The molecule has 4 nitrogen and oxygen atoms in total. The van der Waals surface area contributed by atoms with Crippen LogP contribution in [0.5, 0.6) is 5.75 Å². The van der Waals surface area contributed by atoms with Crippen LogP contribution in [0.1, 0.15) is 26.7 Å². The highest BCUT2D eigenvalue weighted by Gasteiger charge is 2.27. The highest BCUT2D eigenvalue weighted by atomic mass is 19.1. The van der Waals surface area contributed by atoms with Crippen LogP contribution in [-0.4, -0.2) is 79.2 Å². The molecule has 1 aromatic carbocycles. The average Bonchev–Trinajstić information content (AvgIpc) is 2.92. The highest BCUT2D eigenvalue weighted by Crippen LogP contribution is 2.22. The molecule has 25 heavy (non-hydrogen) atoms. The molecule has 0 N–H and O–H groups in total. The van der Waals surface area contributed by atoms with E-state index in [1.807, 2.05) is 0 Å². The Hall–Kier alpha value is -1.17. The van der Waals surface area contributed by atoms with E-state index in [-0.39, 0.29) is 5.82 Å². The SMILES string of the molecule is C[C@@H]1CC[C@H](C)N1CCN1CCN(CCOc2cccc(F)c2)CC1. The molecule has 0 unspecified atom stereocenters. The fourth-order valence-electron chi connectivity index (χ4n) is 4.03. The van der Waals surface area contributed by atoms with Gasteiger partial charge in [-0.1, -0.05) is 6.07 Å². The first-order chi connectivity index (χ1) is 12.1. The minimum atomic E-state index is -0.243. The molecule has 2 aliphatic rings. The monoisotopic (exact) mass is 349 g/mol. The molecule has 2 heterocycles. The number of halogens is 1. The van der Waals surface area contributed by atoms with Gasteiger partial charge in [0.25, 0.3) is 0 Å². The first kappa shape index (κ1) is 18.6. The van der Waals surface area contributed by atoms with Crippen molar-refractivity contribution in [3.05, 3.63) is 30.1 Å². The Balaban J connectivity index is 1.31. The predicted octanol–water partition coefficient (Wildman–Crippen LogP) is 2.69. The third kappa shape index (κ3) is 5.40. The third-order valence-corrected chi connectivity index (χ3v) is 5.75. The Morgan fingerprint density at radius 1 is 0.960 bits per heavy atom. The van der Waals surface area contributed by atoms with Gasteiger partial charge in [-0.2, -0.15) is 0 Å². The molecular weight excluding hydrogens is 317 g/mol. The summed E-state index contributed by atoms with van der Waals surface area (Å²) in [6.45, 7) is 13.1. The van der Waals surface area contributed by atoms with Crippen LogP contribution >= 0.6 is 0 Å². The molecule has 3 rings (SSSR count). The number of rotatable bonds is 7. The molecule has 0 aliphatic carbocycles. The van der Waals surface area contributed by atoms with E-state index in [4.69, 9.17) is 4.74 Å². The molecule has 2 fully saturated rings. The lowest BCUT2D eigenvalue weighted by molar-refractivity contribution is 0.0997. The largest absolute Gasteiger partial charge is 0.492 e. The summed E-state index contributed by atoms with van der Waals surface area (Å²) in [4.78, 5) is 7.69. The number of likely N-dealkylation sites (tertiary alicyclic amines) is 1. The van der Waals surface area contributed by atoms with E-state index < -0.39 is 0 Å². The van der Waals surface area contributed by atoms with Crippen molar-refractivity contribution in [3.8, 4) is 5.75 Å². The van der Waals surface area contributed by atoms with Gasteiger partial charge in [-0.15, -0.1) is 0 Å². The van der Waals surface area contributed by atoms with Crippen molar-refractivity contribution in [2.24, 2.45) is 0 Å². The minimum absolute atomic E-state index is 0.243. The quantitative estimate of drug-likeness (QED) is 0.753. The van der Waals surface area contributed by atoms with Crippen LogP contribution in [0.4, 0.5) is 4.39 Å². The van der Waals surface area contributed by atoms with E-state index in [0.717, 1.165) is 44.8 Å². The van der Waals surface area contributed by atoms with Gasteiger partial charge in [0.05, 0.1) is 0 Å². The van der Waals surface area contributed by atoms with Crippen molar-refractivity contribution >= 4 is 0 Å². The second-order valence-electron chi connectivity index (χ2n) is 7.50. The summed E-state index contributed by atoms with van der Waals surface area (Å²) in [5.74, 6) is 0.375. The van der Waals surface area contributed by atoms with Gasteiger partial charge in [0.2, 0.25) is 0 Å². The second-order valence-corrected chi connectivity index (χ2v) is 7.50. The van der Waals surface area contributed by atoms with E-state index >= 15 is 0 Å². The van der Waals surface area contributed by atoms with Gasteiger partial charge in [0, 0.05) is 64.0 Å². The fraction of sp³-hybridized carbons (Fsp3) is 0.700. The number of nitrogens with zero attached hydrogens (tertiary/aromatic N) is 3. The highest BCUT2D eigenvalue weighted by molar-refractivity contribution is 5.22. The number of hydrogen-bond acceptors (Lipinski definition) is 4. The standard InChI is InChI=1S/C20H32FN3O/c1-17-6-7-18(2)24(17)13-12-22-8-10-23(11-9-22)14-15-25-20-5-3-4-19(21)16-20/h3-5,16-18H,6-15H2,1-2H3/t17-,18+. The Labute approximate surface area is 151 Å². The summed E-state index contributed by atoms with van der Waals surface area (Å²) in [5, 5.41) is 0. The molecule has 0 saturated carbocycles. The molecule has 0 aromatic heterocycles. The van der Waals surface area contributed by atoms with Crippen molar-refractivity contribution in [1.82, 2.24) is 14.7 Å².